The first-order valence-corrected chi connectivity index (χ1v) is 6.13. The molecule has 0 fully saturated rings. The van der Waals surface area contributed by atoms with Gasteiger partial charge in [-0.2, -0.15) is 5.10 Å². The lowest BCUT2D eigenvalue weighted by Crippen LogP contribution is -2.24. The number of anilines is 1. The van der Waals surface area contributed by atoms with E-state index in [1.54, 1.807) is 18.3 Å². The maximum atomic E-state index is 13.1. The van der Waals surface area contributed by atoms with Gasteiger partial charge in [-0.1, -0.05) is 12.1 Å². The van der Waals surface area contributed by atoms with Crippen LogP contribution in [0.25, 0.3) is 0 Å². The molecule has 5 heteroatoms. The Hall–Kier alpha value is -2.17. The van der Waals surface area contributed by atoms with Crippen molar-refractivity contribution in [1.29, 1.82) is 0 Å². The van der Waals surface area contributed by atoms with E-state index in [-0.39, 0.29) is 24.0 Å². The van der Waals surface area contributed by atoms with Crippen LogP contribution in [-0.4, -0.2) is 15.8 Å². The van der Waals surface area contributed by atoms with Gasteiger partial charge in [0.2, 0.25) is 0 Å². The molecule has 0 aliphatic carbocycles. The summed E-state index contributed by atoms with van der Waals surface area (Å²) < 4.78 is 14.4. The molecule has 0 aliphatic rings. The average molecular weight is 261 g/mol. The van der Waals surface area contributed by atoms with Crippen molar-refractivity contribution in [3.8, 4) is 0 Å². The molecule has 1 aromatic heterocycles. The number of hydrogen-bond donors (Lipinski definition) is 1. The minimum absolute atomic E-state index is 0.213. The summed E-state index contributed by atoms with van der Waals surface area (Å²) in [5, 5.41) is 7.19. The molecular formula is C14H16FN3O. The van der Waals surface area contributed by atoms with Crippen LogP contribution in [0.3, 0.4) is 0 Å². The summed E-state index contributed by atoms with van der Waals surface area (Å²) in [6.45, 7) is 4.23. The number of rotatable bonds is 4. The van der Waals surface area contributed by atoms with E-state index in [9.17, 15) is 9.18 Å². The summed E-state index contributed by atoms with van der Waals surface area (Å²) in [7, 11) is 0. The lowest BCUT2D eigenvalue weighted by Gasteiger charge is -2.10. The van der Waals surface area contributed by atoms with Crippen molar-refractivity contribution in [3.05, 3.63) is 58.3 Å². The summed E-state index contributed by atoms with van der Waals surface area (Å²) in [5.41, 5.74) is 1.18. The van der Waals surface area contributed by atoms with Gasteiger partial charge < -0.3 is 5.32 Å². The third kappa shape index (κ3) is 3.64. The van der Waals surface area contributed by atoms with E-state index in [1.807, 2.05) is 13.8 Å². The zero-order valence-corrected chi connectivity index (χ0v) is 10.9. The molecule has 0 aliphatic heterocycles. The zero-order chi connectivity index (χ0) is 13.8. The van der Waals surface area contributed by atoms with Gasteiger partial charge in [0.1, 0.15) is 5.82 Å². The van der Waals surface area contributed by atoms with Crippen LogP contribution in [0.5, 0.6) is 0 Å². The van der Waals surface area contributed by atoms with Crippen LogP contribution in [0.15, 0.2) is 41.3 Å². The molecule has 4 nitrogen and oxygen atoms in total. The molecule has 2 aromatic rings. The molecule has 19 heavy (non-hydrogen) atoms. The molecular weight excluding hydrogens is 245 g/mol. The van der Waals surface area contributed by atoms with Gasteiger partial charge in [0.05, 0.1) is 18.4 Å². The summed E-state index contributed by atoms with van der Waals surface area (Å²) in [5.74, 6) is -0.316. The molecule has 0 radical (unpaired) electrons. The molecule has 1 aromatic carbocycles. The van der Waals surface area contributed by atoms with E-state index in [4.69, 9.17) is 0 Å². The molecule has 0 bridgehead atoms. The van der Waals surface area contributed by atoms with Gasteiger partial charge in [-0.3, -0.25) is 4.79 Å². The first-order chi connectivity index (χ1) is 9.04. The SMILES string of the molecule is CC(C)Nc1cnn(Cc2cccc(F)c2)c(=O)c1. The second kappa shape index (κ2) is 5.65. The molecule has 1 N–H and O–H groups in total. The van der Waals surface area contributed by atoms with Crippen molar-refractivity contribution in [3.63, 3.8) is 0 Å². The number of halogens is 1. The van der Waals surface area contributed by atoms with Crippen LogP contribution in [0.4, 0.5) is 10.1 Å². The van der Waals surface area contributed by atoms with Crippen LogP contribution in [0.1, 0.15) is 19.4 Å². The minimum Gasteiger partial charge on any atom is -0.381 e. The van der Waals surface area contributed by atoms with E-state index in [0.29, 0.717) is 11.3 Å². The number of hydrogen-bond acceptors (Lipinski definition) is 3. The Labute approximate surface area is 110 Å². The van der Waals surface area contributed by atoms with Crippen molar-refractivity contribution in [1.82, 2.24) is 9.78 Å². The smallest absolute Gasteiger partial charge is 0.269 e. The van der Waals surface area contributed by atoms with Gasteiger partial charge in [0, 0.05) is 12.1 Å². The Bertz CT molecular complexity index is 622. The van der Waals surface area contributed by atoms with Crippen LogP contribution < -0.4 is 10.9 Å². The molecule has 1 heterocycles. The second-order valence-corrected chi connectivity index (χ2v) is 4.67. The van der Waals surface area contributed by atoms with Crippen LogP contribution >= 0.6 is 0 Å². The van der Waals surface area contributed by atoms with E-state index in [1.165, 1.54) is 22.9 Å². The van der Waals surface area contributed by atoms with Crippen molar-refractivity contribution in [2.75, 3.05) is 5.32 Å². The quantitative estimate of drug-likeness (QED) is 0.918. The van der Waals surface area contributed by atoms with Gasteiger partial charge >= 0.3 is 0 Å². The topological polar surface area (TPSA) is 46.9 Å². The summed E-state index contributed by atoms with van der Waals surface area (Å²) in [6.07, 6.45) is 1.60. The van der Waals surface area contributed by atoms with Gasteiger partial charge in [0.15, 0.2) is 0 Å². The molecule has 0 unspecified atom stereocenters. The summed E-state index contributed by atoms with van der Waals surface area (Å²) in [4.78, 5) is 11.9. The molecule has 0 saturated carbocycles. The normalized spacial score (nSPS) is 10.7. The maximum Gasteiger partial charge on any atom is 0.269 e. The predicted octanol–water partition coefficient (Wildman–Crippen LogP) is 2.25. The Balaban J connectivity index is 2.20. The Morgan fingerprint density at radius 2 is 2.16 bits per heavy atom. The van der Waals surface area contributed by atoms with Crippen molar-refractivity contribution < 1.29 is 4.39 Å². The number of nitrogens with zero attached hydrogens (tertiary/aromatic N) is 2. The fourth-order valence-electron chi connectivity index (χ4n) is 1.77. The van der Waals surface area contributed by atoms with E-state index >= 15 is 0 Å². The fourth-order valence-corrected chi connectivity index (χ4v) is 1.77. The predicted molar refractivity (Wildman–Crippen MR) is 72.8 cm³/mol. The van der Waals surface area contributed by atoms with Crippen LogP contribution in [0.2, 0.25) is 0 Å². The first kappa shape index (κ1) is 13.3. The molecule has 2 rings (SSSR count). The summed E-state index contributed by atoms with van der Waals surface area (Å²) >= 11 is 0. The average Bonchev–Trinajstić information content (AvgIpc) is 2.32. The number of nitrogens with one attached hydrogen (secondary N) is 1. The molecule has 100 valence electrons. The Morgan fingerprint density at radius 1 is 1.37 bits per heavy atom. The highest BCUT2D eigenvalue weighted by atomic mass is 19.1. The van der Waals surface area contributed by atoms with Crippen LogP contribution in [0, 0.1) is 5.82 Å². The Morgan fingerprint density at radius 3 is 2.79 bits per heavy atom. The third-order valence-corrected chi connectivity index (χ3v) is 2.55. The third-order valence-electron chi connectivity index (χ3n) is 2.55. The van der Waals surface area contributed by atoms with Crippen molar-refractivity contribution in [2.24, 2.45) is 0 Å². The molecule has 0 amide bonds. The number of aromatic nitrogens is 2. The lowest BCUT2D eigenvalue weighted by molar-refractivity contribution is 0.610. The second-order valence-electron chi connectivity index (χ2n) is 4.67. The van der Waals surface area contributed by atoms with Gasteiger partial charge in [-0.25, -0.2) is 9.07 Å². The standard InChI is InChI=1S/C14H16FN3O/c1-10(2)17-13-7-14(19)18(16-8-13)9-11-4-3-5-12(15)6-11/h3-8,10,17H,9H2,1-2H3. The van der Waals surface area contributed by atoms with Crippen LogP contribution in [-0.2, 0) is 6.54 Å². The van der Waals surface area contributed by atoms with E-state index < -0.39 is 0 Å². The van der Waals surface area contributed by atoms with Gasteiger partial charge in [0.25, 0.3) is 5.56 Å². The fraction of sp³-hybridized carbons (Fsp3) is 0.286. The van der Waals surface area contributed by atoms with E-state index in [0.717, 1.165) is 0 Å². The van der Waals surface area contributed by atoms with Gasteiger partial charge in [-0.15, -0.1) is 0 Å². The maximum absolute atomic E-state index is 13.1. The Kier molecular flexibility index (Phi) is 3.94. The highest BCUT2D eigenvalue weighted by Crippen LogP contribution is 2.06. The van der Waals surface area contributed by atoms with Crippen molar-refractivity contribution in [2.45, 2.75) is 26.4 Å². The largest absolute Gasteiger partial charge is 0.381 e. The molecule has 0 atom stereocenters. The van der Waals surface area contributed by atoms with Gasteiger partial charge in [-0.05, 0) is 31.5 Å². The van der Waals surface area contributed by atoms with Crippen molar-refractivity contribution >= 4 is 5.69 Å². The first-order valence-electron chi connectivity index (χ1n) is 6.13. The highest BCUT2D eigenvalue weighted by Gasteiger charge is 2.03. The molecule has 0 saturated heterocycles. The molecule has 0 spiro atoms. The lowest BCUT2D eigenvalue weighted by atomic mass is 10.2. The highest BCUT2D eigenvalue weighted by molar-refractivity contribution is 5.39. The minimum atomic E-state index is -0.316. The van der Waals surface area contributed by atoms with E-state index in [2.05, 4.69) is 10.4 Å². The number of benzene rings is 1. The zero-order valence-electron chi connectivity index (χ0n) is 10.9. The monoisotopic (exact) mass is 261 g/mol. The summed E-state index contributed by atoms with van der Waals surface area (Å²) in [6, 6.07) is 7.87.